The minimum atomic E-state index is -0.252. The SMILES string of the molecule is CCCCCCCCC(N)c1cc(Cl)ccc1F. The molecule has 0 radical (unpaired) electrons. The first-order chi connectivity index (χ1) is 8.65. The van der Waals surface area contributed by atoms with E-state index in [0.29, 0.717) is 10.6 Å². The molecule has 0 spiro atoms. The van der Waals surface area contributed by atoms with E-state index in [1.165, 1.54) is 38.2 Å². The van der Waals surface area contributed by atoms with Crippen molar-refractivity contribution in [2.24, 2.45) is 5.73 Å². The number of hydrogen-bond acceptors (Lipinski definition) is 1. The molecule has 0 aromatic heterocycles. The third-order valence-electron chi connectivity index (χ3n) is 3.23. The Labute approximate surface area is 115 Å². The molecule has 1 nitrogen and oxygen atoms in total. The lowest BCUT2D eigenvalue weighted by Crippen LogP contribution is -2.12. The van der Waals surface area contributed by atoms with E-state index >= 15 is 0 Å². The predicted octanol–water partition coefficient (Wildman–Crippen LogP) is 5.23. The summed E-state index contributed by atoms with van der Waals surface area (Å²) in [6.07, 6.45) is 8.15. The highest BCUT2D eigenvalue weighted by molar-refractivity contribution is 6.30. The third kappa shape index (κ3) is 5.36. The van der Waals surface area contributed by atoms with Crippen LogP contribution in [0.5, 0.6) is 0 Å². The van der Waals surface area contributed by atoms with E-state index < -0.39 is 0 Å². The van der Waals surface area contributed by atoms with Crippen LogP contribution in [0.25, 0.3) is 0 Å². The fraction of sp³-hybridized carbons (Fsp3) is 0.600. The van der Waals surface area contributed by atoms with Crippen molar-refractivity contribution in [2.75, 3.05) is 0 Å². The molecule has 0 aliphatic rings. The number of unbranched alkanes of at least 4 members (excludes halogenated alkanes) is 5. The minimum Gasteiger partial charge on any atom is -0.324 e. The third-order valence-corrected chi connectivity index (χ3v) is 3.46. The van der Waals surface area contributed by atoms with Crippen molar-refractivity contribution in [2.45, 2.75) is 57.9 Å². The van der Waals surface area contributed by atoms with Crippen molar-refractivity contribution in [3.63, 3.8) is 0 Å². The van der Waals surface area contributed by atoms with Crippen LogP contribution in [0.3, 0.4) is 0 Å². The first-order valence-corrected chi connectivity index (χ1v) is 7.23. The quantitative estimate of drug-likeness (QED) is 0.644. The van der Waals surface area contributed by atoms with E-state index in [1.807, 2.05) is 0 Å². The van der Waals surface area contributed by atoms with Crippen molar-refractivity contribution >= 4 is 11.6 Å². The van der Waals surface area contributed by atoms with Crippen molar-refractivity contribution in [1.82, 2.24) is 0 Å². The van der Waals surface area contributed by atoms with E-state index in [0.717, 1.165) is 12.8 Å². The fourth-order valence-electron chi connectivity index (χ4n) is 2.10. The Morgan fingerprint density at radius 3 is 2.56 bits per heavy atom. The number of rotatable bonds is 8. The average molecular weight is 272 g/mol. The summed E-state index contributed by atoms with van der Waals surface area (Å²) in [7, 11) is 0. The molecule has 102 valence electrons. The van der Waals surface area contributed by atoms with E-state index in [2.05, 4.69) is 6.92 Å². The molecule has 1 rings (SSSR count). The maximum Gasteiger partial charge on any atom is 0.128 e. The molecule has 0 aliphatic carbocycles. The second kappa shape index (κ2) is 8.49. The van der Waals surface area contributed by atoms with Crippen LogP contribution >= 0.6 is 11.6 Å². The zero-order valence-electron chi connectivity index (χ0n) is 11.1. The van der Waals surface area contributed by atoms with Crippen molar-refractivity contribution in [3.05, 3.63) is 34.6 Å². The molecular formula is C15H23ClFN. The van der Waals surface area contributed by atoms with Gasteiger partial charge in [0.25, 0.3) is 0 Å². The number of halogens is 2. The maximum absolute atomic E-state index is 13.6. The van der Waals surface area contributed by atoms with Gasteiger partial charge in [0.1, 0.15) is 5.82 Å². The van der Waals surface area contributed by atoms with E-state index in [1.54, 1.807) is 12.1 Å². The topological polar surface area (TPSA) is 26.0 Å². The summed E-state index contributed by atoms with van der Waals surface area (Å²) < 4.78 is 13.6. The molecule has 3 heteroatoms. The molecule has 0 fully saturated rings. The number of hydrogen-bond donors (Lipinski definition) is 1. The van der Waals surface area contributed by atoms with Gasteiger partial charge < -0.3 is 5.73 Å². The van der Waals surface area contributed by atoms with Gasteiger partial charge >= 0.3 is 0 Å². The van der Waals surface area contributed by atoms with Gasteiger partial charge in [-0.3, -0.25) is 0 Å². The summed E-state index contributed by atoms with van der Waals surface area (Å²) >= 11 is 5.86. The normalized spacial score (nSPS) is 12.7. The molecule has 18 heavy (non-hydrogen) atoms. The van der Waals surface area contributed by atoms with Crippen LogP contribution in [0.4, 0.5) is 4.39 Å². The monoisotopic (exact) mass is 271 g/mol. The van der Waals surface area contributed by atoms with E-state index in [-0.39, 0.29) is 11.9 Å². The Hall–Kier alpha value is -0.600. The Morgan fingerprint density at radius 1 is 1.17 bits per heavy atom. The van der Waals surface area contributed by atoms with Gasteiger partial charge in [-0.25, -0.2) is 4.39 Å². The smallest absolute Gasteiger partial charge is 0.128 e. The summed E-state index contributed by atoms with van der Waals surface area (Å²) in [6, 6.07) is 4.34. The Balaban J connectivity index is 2.31. The van der Waals surface area contributed by atoms with Gasteiger partial charge in [-0.2, -0.15) is 0 Å². The second-order valence-electron chi connectivity index (χ2n) is 4.83. The molecule has 1 aromatic rings. The lowest BCUT2D eigenvalue weighted by molar-refractivity contribution is 0.523. The van der Waals surface area contributed by atoms with Gasteiger partial charge in [-0.1, -0.05) is 57.0 Å². The molecule has 0 aliphatic heterocycles. The first kappa shape index (κ1) is 15.5. The number of benzene rings is 1. The molecule has 0 amide bonds. The lowest BCUT2D eigenvalue weighted by atomic mass is 10.00. The summed E-state index contributed by atoms with van der Waals surface area (Å²) in [5.41, 5.74) is 6.54. The van der Waals surface area contributed by atoms with Gasteiger partial charge in [0, 0.05) is 16.6 Å². The second-order valence-corrected chi connectivity index (χ2v) is 5.27. The summed E-state index contributed by atoms with van der Waals surface area (Å²) in [5, 5.41) is 0.546. The van der Waals surface area contributed by atoms with Crippen molar-refractivity contribution in [1.29, 1.82) is 0 Å². The van der Waals surface area contributed by atoms with Crippen LogP contribution in [-0.4, -0.2) is 0 Å². The van der Waals surface area contributed by atoms with Crippen LogP contribution in [0.2, 0.25) is 5.02 Å². The summed E-state index contributed by atoms with van der Waals surface area (Å²) in [6.45, 7) is 2.21. The average Bonchev–Trinajstić information content (AvgIpc) is 2.36. The standard InChI is InChI=1S/C15H23ClFN/c1-2-3-4-5-6-7-8-15(18)13-11-12(16)9-10-14(13)17/h9-11,15H,2-8,18H2,1H3. The fourth-order valence-corrected chi connectivity index (χ4v) is 2.28. The van der Waals surface area contributed by atoms with Crippen LogP contribution < -0.4 is 5.73 Å². The molecule has 1 unspecified atom stereocenters. The van der Waals surface area contributed by atoms with Crippen molar-refractivity contribution < 1.29 is 4.39 Å². The zero-order chi connectivity index (χ0) is 13.4. The van der Waals surface area contributed by atoms with E-state index in [4.69, 9.17) is 17.3 Å². The Bertz CT molecular complexity index is 354. The summed E-state index contributed by atoms with van der Waals surface area (Å²) in [4.78, 5) is 0. The van der Waals surface area contributed by atoms with Crippen LogP contribution in [-0.2, 0) is 0 Å². The highest BCUT2D eigenvalue weighted by atomic mass is 35.5. The van der Waals surface area contributed by atoms with Gasteiger partial charge in [0.15, 0.2) is 0 Å². The molecule has 0 saturated heterocycles. The highest BCUT2D eigenvalue weighted by Gasteiger charge is 2.11. The van der Waals surface area contributed by atoms with Gasteiger partial charge in [-0.05, 0) is 24.6 Å². The summed E-state index contributed by atoms with van der Waals surface area (Å²) in [5.74, 6) is -0.252. The Kier molecular flexibility index (Phi) is 7.29. The van der Waals surface area contributed by atoms with E-state index in [9.17, 15) is 4.39 Å². The van der Waals surface area contributed by atoms with Gasteiger partial charge in [0.05, 0.1) is 0 Å². The molecule has 1 atom stereocenters. The molecule has 0 saturated carbocycles. The van der Waals surface area contributed by atoms with Crippen molar-refractivity contribution in [3.8, 4) is 0 Å². The molecule has 2 N–H and O–H groups in total. The predicted molar refractivity (Wildman–Crippen MR) is 76.3 cm³/mol. The highest BCUT2D eigenvalue weighted by Crippen LogP contribution is 2.23. The minimum absolute atomic E-state index is 0.241. The lowest BCUT2D eigenvalue weighted by Gasteiger charge is -2.13. The van der Waals surface area contributed by atoms with Crippen LogP contribution in [0, 0.1) is 5.82 Å². The van der Waals surface area contributed by atoms with Crippen LogP contribution in [0.15, 0.2) is 18.2 Å². The first-order valence-electron chi connectivity index (χ1n) is 6.85. The molecule has 0 bridgehead atoms. The van der Waals surface area contributed by atoms with Crippen LogP contribution in [0.1, 0.15) is 63.5 Å². The number of nitrogens with two attached hydrogens (primary N) is 1. The van der Waals surface area contributed by atoms with Gasteiger partial charge in [-0.15, -0.1) is 0 Å². The van der Waals surface area contributed by atoms with Gasteiger partial charge in [0.2, 0.25) is 0 Å². The molecule has 0 heterocycles. The molecular weight excluding hydrogens is 249 g/mol. The maximum atomic E-state index is 13.6. The zero-order valence-corrected chi connectivity index (χ0v) is 11.8. The molecule has 1 aromatic carbocycles. The largest absolute Gasteiger partial charge is 0.324 e. The Morgan fingerprint density at radius 2 is 1.83 bits per heavy atom.